The van der Waals surface area contributed by atoms with E-state index in [4.69, 9.17) is 9.26 Å². The minimum Gasteiger partial charge on any atom is -0.376 e. The first kappa shape index (κ1) is 15.7. The fourth-order valence-corrected chi connectivity index (χ4v) is 2.89. The lowest BCUT2D eigenvalue weighted by molar-refractivity contribution is 0.0502. The van der Waals surface area contributed by atoms with Gasteiger partial charge in [-0.15, -0.1) is 0 Å². The highest BCUT2D eigenvalue weighted by Crippen LogP contribution is 2.20. The van der Waals surface area contributed by atoms with Crippen molar-refractivity contribution in [3.63, 3.8) is 0 Å². The number of aromatic nitrogens is 2. The average molecular weight is 315 g/mol. The number of carbonyl (C=O) groups excluding carboxylic acids is 1. The lowest BCUT2D eigenvalue weighted by Gasteiger charge is -2.25. The fraction of sp³-hybridized carbons (Fsp3) is 0.471. The zero-order chi connectivity index (χ0) is 16.2. The van der Waals surface area contributed by atoms with Crippen molar-refractivity contribution in [1.82, 2.24) is 15.0 Å². The topological polar surface area (TPSA) is 68.5 Å². The van der Waals surface area contributed by atoms with E-state index in [0.29, 0.717) is 30.1 Å². The Kier molecular flexibility index (Phi) is 4.71. The smallest absolute Gasteiger partial charge is 0.259 e. The molecule has 0 spiro atoms. The molecule has 6 heteroatoms. The standard InChI is InChI=1S/C17H21N3O3/c1-12-16(13(2)23-19-12)17(21)20(11-15-7-5-9-22-15)10-14-6-3-4-8-18-14/h3-4,6,8,15H,5,7,9-11H2,1-2H3. The summed E-state index contributed by atoms with van der Waals surface area (Å²) in [5.74, 6) is 0.466. The molecular weight excluding hydrogens is 294 g/mol. The highest BCUT2D eigenvalue weighted by molar-refractivity contribution is 5.96. The molecular formula is C17H21N3O3. The highest BCUT2D eigenvalue weighted by atomic mass is 16.5. The van der Waals surface area contributed by atoms with Crippen LogP contribution in [0.15, 0.2) is 28.9 Å². The molecule has 1 fully saturated rings. The van der Waals surface area contributed by atoms with Crippen LogP contribution in [0.3, 0.4) is 0 Å². The number of carbonyl (C=O) groups is 1. The van der Waals surface area contributed by atoms with Gasteiger partial charge < -0.3 is 14.2 Å². The number of pyridine rings is 1. The van der Waals surface area contributed by atoms with E-state index in [1.54, 1.807) is 24.9 Å². The summed E-state index contributed by atoms with van der Waals surface area (Å²) < 4.78 is 10.8. The second kappa shape index (κ2) is 6.91. The minimum atomic E-state index is -0.0811. The van der Waals surface area contributed by atoms with Crippen LogP contribution in [0, 0.1) is 13.8 Å². The van der Waals surface area contributed by atoms with E-state index in [9.17, 15) is 4.79 Å². The summed E-state index contributed by atoms with van der Waals surface area (Å²) in [6, 6.07) is 5.71. The first-order valence-electron chi connectivity index (χ1n) is 7.89. The van der Waals surface area contributed by atoms with E-state index in [1.165, 1.54) is 0 Å². The number of aryl methyl sites for hydroxylation is 2. The van der Waals surface area contributed by atoms with Crippen LogP contribution in [0.2, 0.25) is 0 Å². The molecule has 1 saturated heterocycles. The van der Waals surface area contributed by atoms with Gasteiger partial charge in [0, 0.05) is 19.3 Å². The van der Waals surface area contributed by atoms with E-state index in [1.807, 2.05) is 18.2 Å². The van der Waals surface area contributed by atoms with Crippen molar-refractivity contribution in [1.29, 1.82) is 0 Å². The highest BCUT2D eigenvalue weighted by Gasteiger charge is 2.27. The van der Waals surface area contributed by atoms with Crippen molar-refractivity contribution >= 4 is 5.91 Å². The third kappa shape index (κ3) is 3.59. The molecule has 23 heavy (non-hydrogen) atoms. The van der Waals surface area contributed by atoms with Crippen molar-refractivity contribution < 1.29 is 14.1 Å². The van der Waals surface area contributed by atoms with E-state index in [0.717, 1.165) is 25.1 Å². The van der Waals surface area contributed by atoms with Crippen molar-refractivity contribution in [2.24, 2.45) is 0 Å². The molecule has 3 rings (SSSR count). The number of nitrogens with zero attached hydrogens (tertiary/aromatic N) is 3. The molecule has 1 aliphatic heterocycles. The maximum atomic E-state index is 13.0. The van der Waals surface area contributed by atoms with Crippen LogP contribution in [0.1, 0.15) is 40.3 Å². The number of amides is 1. The maximum Gasteiger partial charge on any atom is 0.259 e. The normalized spacial score (nSPS) is 17.4. The van der Waals surface area contributed by atoms with Gasteiger partial charge in [-0.1, -0.05) is 11.2 Å². The molecule has 1 amide bonds. The number of ether oxygens (including phenoxy) is 1. The fourth-order valence-electron chi connectivity index (χ4n) is 2.89. The molecule has 122 valence electrons. The summed E-state index contributed by atoms with van der Waals surface area (Å²) >= 11 is 0. The minimum absolute atomic E-state index is 0.0811. The van der Waals surface area contributed by atoms with Gasteiger partial charge in [-0.25, -0.2) is 0 Å². The first-order chi connectivity index (χ1) is 11.1. The van der Waals surface area contributed by atoms with Crippen LogP contribution in [-0.2, 0) is 11.3 Å². The molecule has 1 aliphatic rings. The van der Waals surface area contributed by atoms with Gasteiger partial charge in [0.2, 0.25) is 0 Å². The van der Waals surface area contributed by atoms with Gasteiger partial charge in [-0.05, 0) is 38.8 Å². The monoisotopic (exact) mass is 315 g/mol. The summed E-state index contributed by atoms with van der Waals surface area (Å²) in [5.41, 5.74) is 2.01. The van der Waals surface area contributed by atoms with E-state index in [2.05, 4.69) is 10.1 Å². The average Bonchev–Trinajstić information content (AvgIpc) is 3.17. The Morgan fingerprint density at radius 2 is 2.26 bits per heavy atom. The number of hydrogen-bond acceptors (Lipinski definition) is 5. The summed E-state index contributed by atoms with van der Waals surface area (Å²) in [5, 5.41) is 3.89. The Morgan fingerprint density at radius 3 is 2.87 bits per heavy atom. The molecule has 0 aliphatic carbocycles. The predicted molar refractivity (Wildman–Crippen MR) is 83.9 cm³/mol. The van der Waals surface area contributed by atoms with Gasteiger partial charge in [-0.3, -0.25) is 9.78 Å². The van der Waals surface area contributed by atoms with Crippen LogP contribution >= 0.6 is 0 Å². The van der Waals surface area contributed by atoms with Gasteiger partial charge >= 0.3 is 0 Å². The van der Waals surface area contributed by atoms with Crippen molar-refractivity contribution in [2.45, 2.75) is 39.3 Å². The van der Waals surface area contributed by atoms with Crippen LogP contribution in [-0.4, -0.2) is 40.2 Å². The summed E-state index contributed by atoms with van der Waals surface area (Å²) in [7, 11) is 0. The van der Waals surface area contributed by atoms with Crippen molar-refractivity contribution in [3.05, 3.63) is 47.1 Å². The van der Waals surface area contributed by atoms with Crippen molar-refractivity contribution in [3.8, 4) is 0 Å². The van der Waals surface area contributed by atoms with Gasteiger partial charge in [0.25, 0.3) is 5.91 Å². The Bertz CT molecular complexity index is 643. The van der Waals surface area contributed by atoms with Gasteiger partial charge in [0.15, 0.2) is 0 Å². The quantitative estimate of drug-likeness (QED) is 0.848. The summed E-state index contributed by atoms with van der Waals surface area (Å²) in [6.07, 6.45) is 3.85. The molecule has 6 nitrogen and oxygen atoms in total. The third-order valence-electron chi connectivity index (χ3n) is 4.06. The summed E-state index contributed by atoms with van der Waals surface area (Å²) in [4.78, 5) is 19.1. The Labute approximate surface area is 135 Å². The molecule has 1 atom stereocenters. The molecule has 2 aromatic heterocycles. The van der Waals surface area contributed by atoms with Gasteiger partial charge in [0.1, 0.15) is 11.3 Å². The molecule has 0 radical (unpaired) electrons. The molecule has 1 unspecified atom stereocenters. The maximum absolute atomic E-state index is 13.0. The molecule has 0 saturated carbocycles. The Balaban J connectivity index is 1.83. The summed E-state index contributed by atoms with van der Waals surface area (Å²) in [6.45, 7) is 5.32. The zero-order valence-corrected chi connectivity index (χ0v) is 13.5. The van der Waals surface area contributed by atoms with Gasteiger partial charge in [0.05, 0.1) is 24.0 Å². The number of rotatable bonds is 5. The van der Waals surface area contributed by atoms with E-state index in [-0.39, 0.29) is 12.0 Å². The van der Waals surface area contributed by atoms with E-state index < -0.39 is 0 Å². The van der Waals surface area contributed by atoms with Crippen LogP contribution in [0.4, 0.5) is 0 Å². The molecule has 3 heterocycles. The Hall–Kier alpha value is -2.21. The predicted octanol–water partition coefficient (Wildman–Crippen LogP) is 2.51. The molecule has 0 N–H and O–H groups in total. The van der Waals surface area contributed by atoms with Crippen LogP contribution in [0.5, 0.6) is 0 Å². The second-order valence-corrected chi connectivity index (χ2v) is 5.84. The van der Waals surface area contributed by atoms with Crippen LogP contribution < -0.4 is 0 Å². The lowest BCUT2D eigenvalue weighted by atomic mass is 10.1. The largest absolute Gasteiger partial charge is 0.376 e. The van der Waals surface area contributed by atoms with Crippen molar-refractivity contribution in [2.75, 3.05) is 13.2 Å². The second-order valence-electron chi connectivity index (χ2n) is 5.84. The zero-order valence-electron chi connectivity index (χ0n) is 13.5. The molecule has 0 bridgehead atoms. The SMILES string of the molecule is Cc1noc(C)c1C(=O)N(Cc1ccccn1)CC1CCCO1. The molecule has 2 aromatic rings. The van der Waals surface area contributed by atoms with Crippen LogP contribution in [0.25, 0.3) is 0 Å². The van der Waals surface area contributed by atoms with Gasteiger partial charge in [-0.2, -0.15) is 0 Å². The Morgan fingerprint density at radius 1 is 1.39 bits per heavy atom. The first-order valence-corrected chi connectivity index (χ1v) is 7.89. The third-order valence-corrected chi connectivity index (χ3v) is 4.06. The number of hydrogen-bond donors (Lipinski definition) is 0. The van der Waals surface area contributed by atoms with E-state index >= 15 is 0 Å². The lowest BCUT2D eigenvalue weighted by Crippen LogP contribution is -2.37. The molecule has 0 aromatic carbocycles.